The summed E-state index contributed by atoms with van der Waals surface area (Å²) in [4.78, 5) is 16.8. The van der Waals surface area contributed by atoms with Gasteiger partial charge in [0.25, 0.3) is 5.91 Å². The minimum atomic E-state index is -3.84. The van der Waals surface area contributed by atoms with Gasteiger partial charge in [0.2, 0.25) is 10.0 Å². The van der Waals surface area contributed by atoms with E-state index < -0.39 is 52.6 Å². The zero-order chi connectivity index (χ0) is 37.9. The first-order valence-corrected chi connectivity index (χ1v) is 19.9. The van der Waals surface area contributed by atoms with Crippen LogP contribution in [0.3, 0.4) is 0 Å². The summed E-state index contributed by atoms with van der Waals surface area (Å²) in [5.74, 6) is 0.523. The Morgan fingerprint density at radius 1 is 1.06 bits per heavy atom. The number of para-hydroxylation sites is 1. The van der Waals surface area contributed by atoms with Crippen molar-refractivity contribution >= 4 is 27.5 Å². The Balaban J connectivity index is 1.05. The summed E-state index contributed by atoms with van der Waals surface area (Å²) in [7, 11) is -3.84. The van der Waals surface area contributed by atoms with Crippen molar-refractivity contribution in [3.05, 3.63) is 77.1 Å². The second-order valence-corrected chi connectivity index (χ2v) is 16.8. The molecule has 2 saturated carbocycles. The number of pyridine rings is 1. The molecule has 6 rings (SSSR count). The number of aliphatic hydroxyl groups excluding tert-OH is 5. The number of aromatic nitrogens is 1. The van der Waals surface area contributed by atoms with E-state index in [1.165, 1.54) is 10.4 Å². The second kappa shape index (κ2) is 16.7. The molecule has 1 aromatic heterocycles. The highest BCUT2D eigenvalue weighted by atomic mass is 35.5. The van der Waals surface area contributed by atoms with Crippen LogP contribution in [-0.2, 0) is 31.8 Å². The zero-order valence-corrected chi connectivity index (χ0v) is 31.1. The van der Waals surface area contributed by atoms with Crippen LogP contribution in [0.25, 0.3) is 11.1 Å². The van der Waals surface area contributed by atoms with Crippen molar-refractivity contribution in [1.29, 1.82) is 0 Å². The van der Waals surface area contributed by atoms with Crippen LogP contribution in [0.4, 0.5) is 0 Å². The lowest BCUT2D eigenvalue weighted by molar-refractivity contribution is -0.148. The molecule has 6 N–H and O–H groups in total. The number of benzene rings is 2. The highest BCUT2D eigenvalue weighted by Crippen LogP contribution is 2.53. The Bertz CT molecular complexity index is 1850. The van der Waals surface area contributed by atoms with Crippen molar-refractivity contribution in [2.75, 3.05) is 26.2 Å². The molecule has 1 saturated heterocycles. The Kier molecular flexibility index (Phi) is 12.4. The molecule has 3 aromatic rings. The maximum atomic E-state index is 13.8. The molecule has 2 aliphatic carbocycles. The summed E-state index contributed by atoms with van der Waals surface area (Å²) < 4.78 is 41.8. The van der Waals surface area contributed by atoms with E-state index in [4.69, 9.17) is 26.2 Å². The fourth-order valence-electron chi connectivity index (χ4n) is 6.81. The summed E-state index contributed by atoms with van der Waals surface area (Å²) in [6, 6.07) is 14.6. The summed E-state index contributed by atoms with van der Waals surface area (Å²) in [5, 5.41) is 51.0. The van der Waals surface area contributed by atoms with Crippen LogP contribution in [0.5, 0.6) is 5.75 Å². The minimum Gasteiger partial charge on any atom is -0.489 e. The lowest BCUT2D eigenvalue weighted by Gasteiger charge is -2.31. The van der Waals surface area contributed by atoms with Crippen LogP contribution < -0.4 is 10.1 Å². The maximum Gasteiger partial charge on any atom is 0.251 e. The summed E-state index contributed by atoms with van der Waals surface area (Å²) in [5.41, 5.74) is 2.88. The Morgan fingerprint density at radius 2 is 1.77 bits per heavy atom. The zero-order valence-electron chi connectivity index (χ0n) is 29.6. The molecular formula is C38H48ClN3O10S. The molecule has 0 spiro atoms. The standard InChI is InChI=1S/C38H48ClN3O10S/c1-23-18-33(23)52-32-5-3-2-4-28(32)27-9-14-40-20-29(27)38(12-13-38)51-22-25-19-26(6-7-30(25)39)53(49,50)42-16-10-24(11-17-42)8-15-41-37(48)36(47)35(46)34(45)31(44)21-43/h2-7,9,14,19-20,23-24,31,33-36,43-47H,8,10-13,15-18,21-22H2,1H3,(H,41,48)/t23?,31-,33?,34+,35-,36-/m0/s1. The van der Waals surface area contributed by atoms with Gasteiger partial charge in [0.05, 0.1) is 23.7 Å². The first-order chi connectivity index (χ1) is 25.3. The van der Waals surface area contributed by atoms with E-state index in [1.807, 2.05) is 36.5 Å². The molecule has 13 nitrogen and oxygen atoms in total. The number of sulfonamides is 1. The first kappa shape index (κ1) is 39.5. The van der Waals surface area contributed by atoms with Crippen LogP contribution in [0.1, 0.15) is 56.6 Å². The second-order valence-electron chi connectivity index (χ2n) is 14.4. The largest absolute Gasteiger partial charge is 0.489 e. The molecule has 3 fully saturated rings. The van der Waals surface area contributed by atoms with Crippen LogP contribution in [0.15, 0.2) is 65.8 Å². The Hall–Kier alpha value is -3.18. The smallest absolute Gasteiger partial charge is 0.251 e. The average molecular weight is 774 g/mol. The van der Waals surface area contributed by atoms with Gasteiger partial charge in [-0.15, -0.1) is 0 Å². The summed E-state index contributed by atoms with van der Waals surface area (Å²) in [6.07, 6.45) is 0.404. The molecule has 1 aliphatic heterocycles. The number of amides is 1. The average Bonchev–Trinajstić information content (AvgIpc) is 4.11. The first-order valence-electron chi connectivity index (χ1n) is 18.1. The number of rotatable bonds is 17. The van der Waals surface area contributed by atoms with Crippen molar-refractivity contribution in [3.63, 3.8) is 0 Å². The molecule has 0 bridgehead atoms. The van der Waals surface area contributed by atoms with Gasteiger partial charge in [-0.25, -0.2) is 8.42 Å². The number of piperidine rings is 1. The van der Waals surface area contributed by atoms with Crippen LogP contribution >= 0.6 is 11.6 Å². The van der Waals surface area contributed by atoms with Crippen LogP contribution in [-0.4, -0.2) is 106 Å². The number of carbonyl (C=O) groups is 1. The van der Waals surface area contributed by atoms with Gasteiger partial charge >= 0.3 is 0 Å². The Labute approximate surface area is 314 Å². The van der Waals surface area contributed by atoms with E-state index in [2.05, 4.69) is 17.2 Å². The number of hydrogen-bond donors (Lipinski definition) is 6. The van der Waals surface area contributed by atoms with Gasteiger partial charge in [0.1, 0.15) is 30.2 Å². The molecule has 2 aromatic carbocycles. The molecule has 53 heavy (non-hydrogen) atoms. The monoisotopic (exact) mass is 773 g/mol. The van der Waals surface area contributed by atoms with Gasteiger partial charge in [-0.05, 0) is 91.8 Å². The van der Waals surface area contributed by atoms with Gasteiger partial charge in [-0.1, -0.05) is 36.7 Å². The Morgan fingerprint density at radius 3 is 2.45 bits per heavy atom. The van der Waals surface area contributed by atoms with Gasteiger partial charge in [-0.3, -0.25) is 9.78 Å². The highest BCUT2D eigenvalue weighted by molar-refractivity contribution is 7.89. The third-order valence-corrected chi connectivity index (χ3v) is 12.9. The number of nitrogens with zero attached hydrogens (tertiary/aromatic N) is 2. The van der Waals surface area contributed by atoms with E-state index in [-0.39, 0.29) is 43.2 Å². The third kappa shape index (κ3) is 9.04. The quantitative estimate of drug-likeness (QED) is 0.118. The van der Waals surface area contributed by atoms with Crippen LogP contribution in [0.2, 0.25) is 5.02 Å². The molecule has 288 valence electrons. The molecular weight excluding hydrogens is 726 g/mol. The number of halogens is 1. The fraction of sp³-hybridized carbons (Fsp3) is 0.526. The van der Waals surface area contributed by atoms with E-state index >= 15 is 0 Å². The van der Waals surface area contributed by atoms with Crippen molar-refractivity contribution < 1.29 is 48.2 Å². The van der Waals surface area contributed by atoms with E-state index in [0.29, 0.717) is 35.8 Å². The normalized spacial score (nSPS) is 22.4. The van der Waals surface area contributed by atoms with Gasteiger partial charge in [0.15, 0.2) is 6.10 Å². The number of aliphatic hydroxyl groups is 5. The third-order valence-electron chi connectivity index (χ3n) is 10.6. The molecule has 0 radical (unpaired) electrons. The summed E-state index contributed by atoms with van der Waals surface area (Å²) >= 11 is 6.59. The number of hydrogen-bond acceptors (Lipinski definition) is 11. The number of nitrogens with one attached hydrogen (secondary N) is 1. The fourth-order valence-corrected chi connectivity index (χ4v) is 8.50. The molecule has 1 amide bonds. The molecule has 2 heterocycles. The predicted molar refractivity (Wildman–Crippen MR) is 195 cm³/mol. The van der Waals surface area contributed by atoms with E-state index in [9.17, 15) is 33.6 Å². The van der Waals surface area contributed by atoms with E-state index in [1.54, 1.807) is 18.3 Å². The highest BCUT2D eigenvalue weighted by Gasteiger charge is 2.48. The molecule has 2 unspecified atom stereocenters. The lowest BCUT2D eigenvalue weighted by Crippen LogP contribution is -2.51. The van der Waals surface area contributed by atoms with Crippen LogP contribution in [0, 0.1) is 11.8 Å². The maximum absolute atomic E-state index is 13.8. The van der Waals surface area contributed by atoms with Crippen molar-refractivity contribution in [2.45, 2.75) is 93.1 Å². The predicted octanol–water partition coefficient (Wildman–Crippen LogP) is 2.74. The topological polar surface area (TPSA) is 199 Å². The van der Waals surface area contributed by atoms with Gasteiger partial charge in [-0.2, -0.15) is 4.31 Å². The molecule has 15 heteroatoms. The minimum absolute atomic E-state index is 0.0997. The number of ether oxygens (including phenoxy) is 2. The van der Waals surface area contributed by atoms with Gasteiger partial charge < -0.3 is 40.3 Å². The van der Waals surface area contributed by atoms with Crippen molar-refractivity contribution in [2.24, 2.45) is 11.8 Å². The lowest BCUT2D eigenvalue weighted by atomic mass is 9.94. The van der Waals surface area contributed by atoms with E-state index in [0.717, 1.165) is 41.7 Å². The van der Waals surface area contributed by atoms with Gasteiger partial charge in [0, 0.05) is 48.2 Å². The summed E-state index contributed by atoms with van der Waals surface area (Å²) in [6.45, 7) is 2.14. The molecule has 6 atom stereocenters. The molecule has 3 aliphatic rings. The van der Waals surface area contributed by atoms with Crippen molar-refractivity contribution in [1.82, 2.24) is 14.6 Å². The number of carbonyl (C=O) groups excluding carboxylic acids is 1. The SMILES string of the molecule is CC1CC1Oc1ccccc1-c1ccncc1C1(OCc2cc(S(=O)(=O)N3CCC(CCNC(=O)[C@@H](O)[C@@H](O)[C@H](O)[C@@H](O)CO)CC3)ccc2Cl)CC1. The van der Waals surface area contributed by atoms with Crippen molar-refractivity contribution in [3.8, 4) is 16.9 Å².